The molecule has 0 aliphatic heterocycles. The number of carbonyl (C=O) groups excluding carboxylic acids is 1. The molecule has 7 heteroatoms. The van der Waals surface area contributed by atoms with E-state index in [-0.39, 0.29) is 16.2 Å². The number of ether oxygens (including phenoxy) is 1. The Labute approximate surface area is 167 Å². The number of amides is 1. The molecule has 0 atom stereocenters. The van der Waals surface area contributed by atoms with Gasteiger partial charge in [0.2, 0.25) is 10.0 Å². The molecule has 0 aliphatic rings. The third-order valence-corrected chi connectivity index (χ3v) is 5.77. The van der Waals surface area contributed by atoms with E-state index in [2.05, 4.69) is 23.9 Å². The van der Waals surface area contributed by atoms with Crippen LogP contribution in [0, 0.1) is 0 Å². The van der Waals surface area contributed by atoms with Gasteiger partial charge in [-0.3, -0.25) is 4.79 Å². The Morgan fingerprint density at radius 2 is 1.64 bits per heavy atom. The molecule has 0 heterocycles. The lowest BCUT2D eigenvalue weighted by Crippen LogP contribution is -2.40. The van der Waals surface area contributed by atoms with Crippen LogP contribution >= 0.6 is 0 Å². The Morgan fingerprint density at radius 1 is 1.04 bits per heavy atom. The van der Waals surface area contributed by atoms with Crippen LogP contribution in [0.3, 0.4) is 0 Å². The smallest absolute Gasteiger partial charge is 0.255 e. The third-order valence-electron chi connectivity index (χ3n) is 3.99. The minimum Gasteiger partial charge on any atom is -0.495 e. The van der Waals surface area contributed by atoms with Crippen molar-refractivity contribution in [3.63, 3.8) is 0 Å². The molecule has 2 aromatic rings. The Kier molecular flexibility index (Phi) is 6.52. The second-order valence-corrected chi connectivity index (χ2v) is 9.60. The molecule has 0 bridgehead atoms. The van der Waals surface area contributed by atoms with Crippen LogP contribution in [0.4, 0.5) is 5.69 Å². The van der Waals surface area contributed by atoms with Gasteiger partial charge in [-0.25, -0.2) is 13.1 Å². The number of nitrogens with one attached hydrogen (secondary N) is 2. The Balaban J connectivity index is 2.32. The third kappa shape index (κ3) is 5.56. The number of hydrogen-bond acceptors (Lipinski definition) is 4. The first-order valence-corrected chi connectivity index (χ1v) is 10.5. The normalized spacial score (nSPS) is 12.1. The quantitative estimate of drug-likeness (QED) is 0.757. The van der Waals surface area contributed by atoms with Crippen LogP contribution in [-0.2, 0) is 10.0 Å². The highest BCUT2D eigenvalue weighted by molar-refractivity contribution is 7.89. The lowest BCUT2D eigenvalue weighted by molar-refractivity contribution is 0.102. The van der Waals surface area contributed by atoms with Crippen molar-refractivity contribution in [3.8, 4) is 5.75 Å². The fourth-order valence-electron chi connectivity index (χ4n) is 2.64. The van der Waals surface area contributed by atoms with Gasteiger partial charge >= 0.3 is 0 Å². The molecule has 6 nitrogen and oxygen atoms in total. The summed E-state index contributed by atoms with van der Waals surface area (Å²) in [5, 5.41) is 2.79. The fourth-order valence-corrected chi connectivity index (χ4v) is 4.26. The van der Waals surface area contributed by atoms with Gasteiger partial charge in [0, 0.05) is 16.8 Å². The average molecular weight is 405 g/mol. The van der Waals surface area contributed by atoms with Gasteiger partial charge < -0.3 is 10.1 Å². The lowest BCUT2D eigenvalue weighted by Gasteiger charge is -2.21. The first-order valence-electron chi connectivity index (χ1n) is 9.06. The van der Waals surface area contributed by atoms with Gasteiger partial charge in [0.05, 0.1) is 7.11 Å². The minimum atomic E-state index is -3.86. The maximum Gasteiger partial charge on any atom is 0.255 e. The molecule has 2 aromatic carbocycles. The first-order chi connectivity index (χ1) is 12.9. The van der Waals surface area contributed by atoms with E-state index in [1.165, 1.54) is 30.9 Å². The van der Waals surface area contributed by atoms with Crippen molar-refractivity contribution in [3.05, 3.63) is 53.6 Å². The summed E-state index contributed by atoms with van der Waals surface area (Å²) in [6.07, 6.45) is 0. The van der Waals surface area contributed by atoms with Crippen LogP contribution in [0.2, 0.25) is 0 Å². The van der Waals surface area contributed by atoms with E-state index in [1.807, 2.05) is 24.3 Å². The summed E-state index contributed by atoms with van der Waals surface area (Å²) in [5.74, 6) is 0.177. The molecule has 0 fully saturated rings. The van der Waals surface area contributed by atoms with Crippen LogP contribution in [0.25, 0.3) is 0 Å². The summed E-state index contributed by atoms with van der Waals surface area (Å²) in [6, 6.07) is 11.9. The highest BCUT2D eigenvalue weighted by atomic mass is 32.2. The number of anilines is 1. The van der Waals surface area contributed by atoms with Gasteiger partial charge in [0.15, 0.2) is 0 Å². The van der Waals surface area contributed by atoms with Gasteiger partial charge in [-0.1, -0.05) is 26.0 Å². The van der Waals surface area contributed by atoms with Crippen molar-refractivity contribution < 1.29 is 17.9 Å². The summed E-state index contributed by atoms with van der Waals surface area (Å²) in [6.45, 7) is 9.42. The van der Waals surface area contributed by atoms with Crippen LogP contribution < -0.4 is 14.8 Å². The molecular formula is C21H28N2O4S. The Bertz CT molecular complexity index is 943. The van der Waals surface area contributed by atoms with Crippen molar-refractivity contribution >= 4 is 21.6 Å². The molecule has 0 saturated heterocycles. The van der Waals surface area contributed by atoms with E-state index in [0.29, 0.717) is 11.6 Å². The highest BCUT2D eigenvalue weighted by Gasteiger charge is 2.26. The summed E-state index contributed by atoms with van der Waals surface area (Å²) in [5.41, 5.74) is 1.37. The van der Waals surface area contributed by atoms with E-state index < -0.39 is 21.5 Å². The Morgan fingerprint density at radius 3 is 2.14 bits per heavy atom. The number of rotatable bonds is 6. The van der Waals surface area contributed by atoms with E-state index >= 15 is 0 Å². The molecule has 0 aliphatic carbocycles. The number of carbonyl (C=O) groups is 1. The topological polar surface area (TPSA) is 84.5 Å². The average Bonchev–Trinajstić information content (AvgIpc) is 2.59. The van der Waals surface area contributed by atoms with E-state index in [9.17, 15) is 13.2 Å². The number of benzene rings is 2. The predicted molar refractivity (Wildman–Crippen MR) is 112 cm³/mol. The van der Waals surface area contributed by atoms with Crippen molar-refractivity contribution in [1.82, 2.24) is 4.72 Å². The van der Waals surface area contributed by atoms with Gasteiger partial charge in [0.1, 0.15) is 10.6 Å². The monoisotopic (exact) mass is 404 g/mol. The molecule has 2 rings (SSSR count). The van der Waals surface area contributed by atoms with Gasteiger partial charge in [0.25, 0.3) is 5.91 Å². The molecule has 0 aromatic heterocycles. The molecule has 0 saturated carbocycles. The van der Waals surface area contributed by atoms with Crippen LogP contribution in [0.1, 0.15) is 56.5 Å². The minimum absolute atomic E-state index is 0.0762. The molecule has 0 spiro atoms. The molecule has 1 amide bonds. The van der Waals surface area contributed by atoms with Crippen molar-refractivity contribution in [2.75, 3.05) is 12.4 Å². The number of methoxy groups -OCH3 is 1. The van der Waals surface area contributed by atoms with Gasteiger partial charge in [-0.15, -0.1) is 0 Å². The lowest BCUT2D eigenvalue weighted by atomic mass is 10.0. The van der Waals surface area contributed by atoms with Crippen molar-refractivity contribution in [2.24, 2.45) is 0 Å². The summed E-state index contributed by atoms with van der Waals surface area (Å²) >= 11 is 0. The Hall–Kier alpha value is -2.38. The summed E-state index contributed by atoms with van der Waals surface area (Å²) < 4.78 is 33.2. The molecule has 0 radical (unpaired) electrons. The second kappa shape index (κ2) is 8.32. The largest absolute Gasteiger partial charge is 0.495 e. The van der Waals surface area contributed by atoms with E-state index in [4.69, 9.17) is 4.74 Å². The summed E-state index contributed by atoms with van der Waals surface area (Å²) in [4.78, 5) is 12.6. The highest BCUT2D eigenvalue weighted by Crippen LogP contribution is 2.26. The summed E-state index contributed by atoms with van der Waals surface area (Å²) in [7, 11) is -2.47. The second-order valence-electron chi connectivity index (χ2n) is 7.95. The molecule has 152 valence electrons. The molecule has 2 N–H and O–H groups in total. The van der Waals surface area contributed by atoms with Gasteiger partial charge in [-0.05, 0) is 62.6 Å². The zero-order valence-corrected chi connectivity index (χ0v) is 18.0. The van der Waals surface area contributed by atoms with E-state index in [1.54, 1.807) is 20.8 Å². The van der Waals surface area contributed by atoms with Crippen LogP contribution in [0.15, 0.2) is 47.4 Å². The predicted octanol–water partition coefficient (Wildman–Crippen LogP) is 4.15. The van der Waals surface area contributed by atoms with Crippen molar-refractivity contribution in [2.45, 2.75) is 51.0 Å². The number of sulfonamides is 1. The van der Waals surface area contributed by atoms with Crippen LogP contribution in [0.5, 0.6) is 5.75 Å². The first kappa shape index (κ1) is 21.9. The zero-order chi connectivity index (χ0) is 21.1. The molecule has 28 heavy (non-hydrogen) atoms. The van der Waals surface area contributed by atoms with Gasteiger partial charge in [-0.2, -0.15) is 0 Å². The maximum atomic E-state index is 12.7. The van der Waals surface area contributed by atoms with E-state index in [0.717, 1.165) is 0 Å². The van der Waals surface area contributed by atoms with Crippen molar-refractivity contribution in [1.29, 1.82) is 0 Å². The molecular weight excluding hydrogens is 376 g/mol. The maximum absolute atomic E-state index is 12.7. The fraction of sp³-hybridized carbons (Fsp3) is 0.381. The molecule has 0 unspecified atom stereocenters. The SMILES string of the molecule is COc1ccc(C(=O)Nc2ccc(C(C)C)cc2)cc1S(=O)(=O)NC(C)(C)C. The van der Waals surface area contributed by atoms with Crippen LogP contribution in [-0.4, -0.2) is 27.0 Å². The number of hydrogen-bond donors (Lipinski definition) is 2. The standard InChI is InChI=1S/C21H28N2O4S/c1-14(2)15-7-10-17(11-8-15)22-20(24)16-9-12-18(27-6)19(13-16)28(25,26)23-21(3,4)5/h7-14,23H,1-6H3,(H,22,24). The zero-order valence-electron chi connectivity index (χ0n) is 17.2.